The Balaban J connectivity index is 1.65. The van der Waals surface area contributed by atoms with Gasteiger partial charge in [-0.2, -0.15) is 5.10 Å². The number of fused-ring (bicyclic) bond motifs is 1. The number of amidine groups is 1. The molecule has 1 aromatic heterocycles. The molecule has 3 heterocycles. The van der Waals surface area contributed by atoms with Crippen molar-refractivity contribution in [3.05, 3.63) is 52.8 Å². The number of benzene rings is 1. The zero-order valence-corrected chi connectivity index (χ0v) is 22.4. The van der Waals surface area contributed by atoms with Gasteiger partial charge in [-0.3, -0.25) is 14.5 Å². The maximum atomic E-state index is 13.1. The molecule has 2 aliphatic heterocycles. The van der Waals surface area contributed by atoms with Crippen molar-refractivity contribution in [2.24, 2.45) is 10.8 Å². The molecule has 2 saturated heterocycles. The van der Waals surface area contributed by atoms with Gasteiger partial charge in [-0.15, -0.1) is 0 Å². The highest BCUT2D eigenvalue weighted by molar-refractivity contribution is 6.26. The topological polar surface area (TPSA) is 140 Å². The maximum absolute atomic E-state index is 13.1. The van der Waals surface area contributed by atoms with Gasteiger partial charge < -0.3 is 25.8 Å². The van der Waals surface area contributed by atoms with E-state index in [4.69, 9.17) is 15.6 Å². The number of nitrogens with zero attached hydrogens (tertiary/aromatic N) is 3. The van der Waals surface area contributed by atoms with Gasteiger partial charge in [0, 0.05) is 47.9 Å². The molecule has 2 aromatic rings. The molecule has 1 unspecified atom stereocenters. The second-order valence-electron chi connectivity index (χ2n) is 10.1. The molecule has 5 N–H and O–H groups in total. The second-order valence-corrected chi connectivity index (χ2v) is 10.1. The number of carbonyl (C=O) groups is 2. The van der Waals surface area contributed by atoms with E-state index in [9.17, 15) is 9.59 Å². The van der Waals surface area contributed by atoms with Crippen molar-refractivity contribution in [2.75, 3.05) is 32.7 Å². The lowest BCUT2D eigenvalue weighted by Crippen LogP contribution is -2.38. The van der Waals surface area contributed by atoms with Crippen LogP contribution in [0.25, 0.3) is 16.7 Å². The molecule has 0 saturated carbocycles. The van der Waals surface area contributed by atoms with Crippen LogP contribution in [0.5, 0.6) is 0 Å². The first-order chi connectivity index (χ1) is 18.2. The summed E-state index contributed by atoms with van der Waals surface area (Å²) < 4.78 is 6.28. The third-order valence-corrected chi connectivity index (χ3v) is 7.18. The average Bonchev–Trinajstić information content (AvgIpc) is 3.63. The van der Waals surface area contributed by atoms with E-state index in [2.05, 4.69) is 33.4 Å². The Morgan fingerprint density at radius 3 is 2.71 bits per heavy atom. The normalized spacial score (nSPS) is 19.0. The van der Waals surface area contributed by atoms with Crippen LogP contribution in [-0.4, -0.2) is 72.4 Å². The van der Waals surface area contributed by atoms with Crippen LogP contribution < -0.4 is 16.5 Å². The predicted octanol–water partition coefficient (Wildman–Crippen LogP) is 2.66. The van der Waals surface area contributed by atoms with Crippen molar-refractivity contribution in [3.63, 3.8) is 0 Å². The average molecular weight is 520 g/mol. The number of likely N-dealkylation sites (tertiary alicyclic amines) is 2. The molecule has 0 radical (unpaired) electrons. The SMILES string of the molecule is C=C(CN1CCCC1)C(=O)N1CCC(N/C(=C(C(C)=N)/C(N)=N\NC=O)c2oc3ccc(C)cc3c2C)C1. The van der Waals surface area contributed by atoms with Crippen LogP contribution in [0.3, 0.4) is 0 Å². The smallest absolute Gasteiger partial charge is 0.250 e. The van der Waals surface area contributed by atoms with Gasteiger partial charge >= 0.3 is 0 Å². The number of hydrogen-bond acceptors (Lipinski definition) is 7. The number of furan rings is 1. The first-order valence-electron chi connectivity index (χ1n) is 13.0. The summed E-state index contributed by atoms with van der Waals surface area (Å²) in [6, 6.07) is 5.85. The van der Waals surface area contributed by atoms with E-state index < -0.39 is 0 Å². The lowest BCUT2D eigenvalue weighted by atomic mass is 10.0. The fourth-order valence-electron chi connectivity index (χ4n) is 5.25. The van der Waals surface area contributed by atoms with Gasteiger partial charge in [-0.1, -0.05) is 18.2 Å². The first-order valence-corrected chi connectivity index (χ1v) is 13.0. The summed E-state index contributed by atoms with van der Waals surface area (Å²) in [7, 11) is 0. The molecule has 4 rings (SSSR count). The van der Waals surface area contributed by atoms with Crippen molar-refractivity contribution in [2.45, 2.75) is 46.1 Å². The Hall–Kier alpha value is -3.92. The predicted molar refractivity (Wildman–Crippen MR) is 150 cm³/mol. The molecule has 2 aliphatic rings. The van der Waals surface area contributed by atoms with E-state index in [0.717, 1.165) is 42.4 Å². The number of nitrogens with one attached hydrogen (secondary N) is 3. The van der Waals surface area contributed by atoms with Crippen LogP contribution in [0.15, 0.2) is 45.4 Å². The van der Waals surface area contributed by atoms with Crippen molar-refractivity contribution >= 4 is 40.5 Å². The fraction of sp³-hybridized carbons (Fsp3) is 0.429. The summed E-state index contributed by atoms with van der Waals surface area (Å²) in [5, 5.41) is 16.9. The van der Waals surface area contributed by atoms with E-state index in [-0.39, 0.29) is 23.5 Å². The van der Waals surface area contributed by atoms with Crippen molar-refractivity contribution < 1.29 is 14.0 Å². The monoisotopic (exact) mass is 519 g/mol. The summed E-state index contributed by atoms with van der Waals surface area (Å²) in [5.74, 6) is 0.495. The van der Waals surface area contributed by atoms with Crippen LogP contribution in [0.4, 0.5) is 0 Å². The number of aryl methyl sites for hydroxylation is 2. The fourth-order valence-corrected chi connectivity index (χ4v) is 5.25. The molecular formula is C28H37N7O3. The molecule has 2 fully saturated rings. The lowest BCUT2D eigenvalue weighted by Gasteiger charge is -2.23. The molecule has 0 bridgehead atoms. The quantitative estimate of drug-likeness (QED) is 0.125. The van der Waals surface area contributed by atoms with E-state index in [1.54, 1.807) is 6.92 Å². The van der Waals surface area contributed by atoms with E-state index >= 15 is 0 Å². The minimum atomic E-state index is -0.107. The van der Waals surface area contributed by atoms with Crippen molar-refractivity contribution in [3.8, 4) is 0 Å². The van der Waals surface area contributed by atoms with Gasteiger partial charge in [-0.25, -0.2) is 5.43 Å². The number of nitrogens with two attached hydrogens (primary N) is 1. The highest BCUT2D eigenvalue weighted by Crippen LogP contribution is 2.32. The summed E-state index contributed by atoms with van der Waals surface area (Å²) in [5.41, 5.74) is 12.8. The van der Waals surface area contributed by atoms with Gasteiger partial charge in [0.25, 0.3) is 5.91 Å². The number of hydrazone groups is 1. The summed E-state index contributed by atoms with van der Waals surface area (Å²) >= 11 is 0. The molecule has 202 valence electrons. The number of rotatable bonds is 10. The largest absolute Gasteiger partial charge is 0.454 e. The van der Waals surface area contributed by atoms with Gasteiger partial charge in [0.15, 0.2) is 11.6 Å². The first kappa shape index (κ1) is 27.1. The minimum Gasteiger partial charge on any atom is -0.454 e. The van der Waals surface area contributed by atoms with E-state index in [1.165, 1.54) is 0 Å². The molecule has 0 aliphatic carbocycles. The number of hydrogen-bond donors (Lipinski definition) is 4. The number of amides is 2. The molecule has 2 amide bonds. The Kier molecular flexibility index (Phi) is 8.31. The third-order valence-electron chi connectivity index (χ3n) is 7.18. The van der Waals surface area contributed by atoms with Crippen LogP contribution in [-0.2, 0) is 9.59 Å². The highest BCUT2D eigenvalue weighted by Gasteiger charge is 2.31. The summed E-state index contributed by atoms with van der Waals surface area (Å²) in [4.78, 5) is 28.1. The van der Waals surface area contributed by atoms with Crippen LogP contribution in [0.2, 0.25) is 0 Å². The summed E-state index contributed by atoms with van der Waals surface area (Å²) in [6.45, 7) is 13.3. The molecule has 1 atom stereocenters. The Bertz CT molecular complexity index is 1320. The van der Waals surface area contributed by atoms with Crippen molar-refractivity contribution in [1.82, 2.24) is 20.5 Å². The Labute approximate surface area is 223 Å². The molecule has 1 aromatic carbocycles. The van der Waals surface area contributed by atoms with Crippen LogP contribution in [0.1, 0.15) is 43.1 Å². The van der Waals surface area contributed by atoms with Crippen molar-refractivity contribution in [1.29, 1.82) is 5.41 Å². The summed E-state index contributed by atoms with van der Waals surface area (Å²) in [6.07, 6.45) is 3.45. The van der Waals surface area contributed by atoms with Gasteiger partial charge in [0.2, 0.25) is 6.41 Å². The minimum absolute atomic E-state index is 0.0203. The zero-order valence-electron chi connectivity index (χ0n) is 22.4. The Morgan fingerprint density at radius 1 is 1.29 bits per heavy atom. The van der Waals surface area contributed by atoms with Gasteiger partial charge in [0.1, 0.15) is 5.58 Å². The Morgan fingerprint density at radius 2 is 2.03 bits per heavy atom. The van der Waals surface area contributed by atoms with Crippen LogP contribution >= 0.6 is 0 Å². The molecular weight excluding hydrogens is 482 g/mol. The third kappa shape index (κ3) is 5.80. The molecule has 0 spiro atoms. The van der Waals surface area contributed by atoms with E-state index in [1.807, 2.05) is 30.9 Å². The van der Waals surface area contributed by atoms with Gasteiger partial charge in [0.05, 0.1) is 11.3 Å². The molecule has 10 nitrogen and oxygen atoms in total. The van der Waals surface area contributed by atoms with E-state index in [0.29, 0.717) is 60.7 Å². The maximum Gasteiger partial charge on any atom is 0.250 e. The molecule has 38 heavy (non-hydrogen) atoms. The lowest BCUT2D eigenvalue weighted by molar-refractivity contribution is -0.126. The highest BCUT2D eigenvalue weighted by atomic mass is 16.3. The standard InChI is InChI=1S/C28H37N7O3/c1-17-7-8-23-22(13-17)19(3)26(38-23)25(24(20(4)29)27(30)33-31-16-36)32-21-9-12-35(15-21)28(37)18(2)14-34-10-5-6-11-34/h7-8,13,16,21,29,32H,2,5-6,9-12,14-15H2,1,3-4H3,(H2,30,33)(H,31,36)/b25-24+,29-20?. The van der Waals surface area contributed by atoms with Gasteiger partial charge in [-0.05, 0) is 65.3 Å². The second kappa shape index (κ2) is 11.6. The number of carbonyl (C=O) groups excluding carboxylic acids is 2. The van der Waals surface area contributed by atoms with Crippen LogP contribution in [0, 0.1) is 19.3 Å². The zero-order chi connectivity index (χ0) is 27.4. The molecule has 10 heteroatoms.